The molecule has 1 unspecified atom stereocenters. The second kappa shape index (κ2) is 31.9. The van der Waals surface area contributed by atoms with Gasteiger partial charge in [0.05, 0.1) is 0 Å². The van der Waals surface area contributed by atoms with Crippen LogP contribution < -0.4 is 0 Å². The fraction of sp³-hybridized carbons (Fsp3) is 0.622. The fourth-order valence-corrected chi connectivity index (χ4v) is 4.26. The van der Waals surface area contributed by atoms with Gasteiger partial charge in [0.15, 0.2) is 0 Å². The Kier molecular flexibility index (Phi) is 29.9. The molecular formula is C37H60O4. The van der Waals surface area contributed by atoms with Crippen molar-refractivity contribution < 1.29 is 19.4 Å². The zero-order chi connectivity index (χ0) is 30.1. The summed E-state index contributed by atoms with van der Waals surface area (Å²) in [6.07, 6.45) is 45.0. The van der Waals surface area contributed by atoms with Crippen LogP contribution in [0, 0.1) is 0 Å². The molecule has 0 rings (SSSR count). The molecule has 41 heavy (non-hydrogen) atoms. The molecular weight excluding hydrogens is 508 g/mol. The van der Waals surface area contributed by atoms with E-state index in [4.69, 9.17) is 9.84 Å². The van der Waals surface area contributed by atoms with Gasteiger partial charge in [0.1, 0.15) is 6.10 Å². The largest absolute Gasteiger partial charge is 0.481 e. The second-order valence-corrected chi connectivity index (χ2v) is 10.6. The Morgan fingerprint density at radius 3 is 1.76 bits per heavy atom. The molecule has 0 aromatic heterocycles. The Morgan fingerprint density at radius 2 is 1.12 bits per heavy atom. The molecule has 4 heteroatoms. The lowest BCUT2D eigenvalue weighted by molar-refractivity contribution is -0.147. The number of hydrogen-bond donors (Lipinski definition) is 1. The van der Waals surface area contributed by atoms with Gasteiger partial charge in [-0.3, -0.25) is 9.59 Å². The average Bonchev–Trinajstić information content (AvgIpc) is 2.95. The Hall–Kier alpha value is -2.62. The third-order valence-corrected chi connectivity index (χ3v) is 6.66. The fourth-order valence-electron chi connectivity index (χ4n) is 4.26. The zero-order valence-corrected chi connectivity index (χ0v) is 26.3. The molecule has 232 valence electrons. The number of rotatable bonds is 28. The molecule has 0 fully saturated rings. The van der Waals surface area contributed by atoms with Gasteiger partial charge in [-0.25, -0.2) is 0 Å². The number of carbonyl (C=O) groups is 2. The van der Waals surface area contributed by atoms with E-state index in [1.54, 1.807) is 0 Å². The van der Waals surface area contributed by atoms with Gasteiger partial charge in [0.25, 0.3) is 0 Å². The first-order valence-electron chi connectivity index (χ1n) is 16.4. The van der Waals surface area contributed by atoms with E-state index in [1.807, 2.05) is 0 Å². The van der Waals surface area contributed by atoms with E-state index in [0.717, 1.165) is 83.5 Å². The average molecular weight is 569 g/mol. The Balaban J connectivity index is 4.36. The third-order valence-electron chi connectivity index (χ3n) is 6.66. The van der Waals surface area contributed by atoms with Crippen LogP contribution in [0.3, 0.4) is 0 Å². The predicted molar refractivity (Wildman–Crippen MR) is 176 cm³/mol. The van der Waals surface area contributed by atoms with Crippen molar-refractivity contribution in [2.45, 2.75) is 148 Å². The monoisotopic (exact) mass is 568 g/mol. The van der Waals surface area contributed by atoms with Gasteiger partial charge in [-0.2, -0.15) is 0 Å². The third kappa shape index (κ3) is 31.8. The van der Waals surface area contributed by atoms with E-state index in [2.05, 4.69) is 86.8 Å². The number of ether oxygens (including phenoxy) is 1. The molecule has 0 aliphatic rings. The molecule has 0 aromatic carbocycles. The summed E-state index contributed by atoms with van der Waals surface area (Å²) in [5.74, 6) is -0.850. The number of carbonyl (C=O) groups excluding carboxylic acids is 1. The highest BCUT2D eigenvalue weighted by Gasteiger charge is 2.11. The Bertz CT molecular complexity index is 785. The smallest absolute Gasteiger partial charge is 0.306 e. The minimum absolute atomic E-state index is 0.137. The summed E-state index contributed by atoms with van der Waals surface area (Å²) in [6, 6.07) is 0. The quantitative estimate of drug-likeness (QED) is 0.0579. The van der Waals surface area contributed by atoms with Crippen LogP contribution in [0.5, 0.6) is 0 Å². The van der Waals surface area contributed by atoms with E-state index in [1.165, 1.54) is 25.7 Å². The van der Waals surface area contributed by atoms with Crippen molar-refractivity contribution in [3.63, 3.8) is 0 Å². The van der Waals surface area contributed by atoms with Crippen molar-refractivity contribution in [2.24, 2.45) is 0 Å². The molecule has 1 N–H and O–H groups in total. The highest BCUT2D eigenvalue weighted by molar-refractivity contribution is 5.69. The highest BCUT2D eigenvalue weighted by atomic mass is 16.5. The summed E-state index contributed by atoms with van der Waals surface area (Å²) in [6.45, 7) is 4.38. The first-order valence-corrected chi connectivity index (χ1v) is 16.4. The highest BCUT2D eigenvalue weighted by Crippen LogP contribution is 2.14. The standard InChI is InChI=1S/C37H60O4/c1-3-5-7-9-11-13-14-15-16-18-20-26-30-34-37(40)41-35(31-27-23-19-17-12-10-8-6-4-2)32-28-24-21-22-25-29-33-36(38)39/h5,7,11,13,15-17,19-20,26-27,31,35H,3-4,6,8-10,12,14,18,21-25,28-30,32-34H2,1-2H3,(H,38,39)/b7-5-,13-11-,16-15-,19-17-,26-20-,31-27-. The lowest BCUT2D eigenvalue weighted by Crippen LogP contribution is -2.16. The van der Waals surface area contributed by atoms with Crippen molar-refractivity contribution >= 4 is 11.9 Å². The number of aliphatic carboxylic acids is 1. The molecule has 0 saturated carbocycles. The molecule has 0 radical (unpaired) electrons. The molecule has 0 bridgehead atoms. The van der Waals surface area contributed by atoms with Crippen molar-refractivity contribution in [2.75, 3.05) is 0 Å². The van der Waals surface area contributed by atoms with Crippen molar-refractivity contribution in [1.82, 2.24) is 0 Å². The molecule has 0 saturated heterocycles. The van der Waals surface area contributed by atoms with Crippen LogP contribution in [0.15, 0.2) is 72.9 Å². The van der Waals surface area contributed by atoms with E-state index >= 15 is 0 Å². The molecule has 0 heterocycles. The van der Waals surface area contributed by atoms with Gasteiger partial charge < -0.3 is 9.84 Å². The van der Waals surface area contributed by atoms with Crippen LogP contribution in [0.25, 0.3) is 0 Å². The van der Waals surface area contributed by atoms with Crippen LogP contribution in [-0.4, -0.2) is 23.1 Å². The van der Waals surface area contributed by atoms with Crippen LogP contribution in [-0.2, 0) is 14.3 Å². The molecule has 0 aliphatic carbocycles. The van der Waals surface area contributed by atoms with Gasteiger partial charge in [-0.05, 0) is 76.7 Å². The number of carboxylic acids is 1. The SMILES string of the molecule is CC/C=C\C/C=C\C/C=C\C/C=C\CCC(=O)OC(/C=C\C/C=C\CCCCCC)CCCCCCCCC(=O)O. The summed E-state index contributed by atoms with van der Waals surface area (Å²) >= 11 is 0. The van der Waals surface area contributed by atoms with Gasteiger partial charge in [0.2, 0.25) is 0 Å². The van der Waals surface area contributed by atoms with Gasteiger partial charge in [0, 0.05) is 12.8 Å². The first-order chi connectivity index (χ1) is 20.1. The summed E-state index contributed by atoms with van der Waals surface area (Å²) in [7, 11) is 0. The van der Waals surface area contributed by atoms with Crippen molar-refractivity contribution in [3.05, 3.63) is 72.9 Å². The van der Waals surface area contributed by atoms with Gasteiger partial charge in [-0.15, -0.1) is 0 Å². The Labute approximate surface area is 252 Å². The van der Waals surface area contributed by atoms with E-state index in [0.29, 0.717) is 12.8 Å². The summed E-state index contributed by atoms with van der Waals surface area (Å²) in [5.41, 5.74) is 0. The number of carboxylic acid groups (broad SMARTS) is 1. The number of hydrogen-bond acceptors (Lipinski definition) is 3. The topological polar surface area (TPSA) is 63.6 Å². The summed E-state index contributed by atoms with van der Waals surface area (Å²) in [5, 5.41) is 8.74. The first kappa shape index (κ1) is 38.4. The molecule has 0 amide bonds. The van der Waals surface area contributed by atoms with Gasteiger partial charge >= 0.3 is 11.9 Å². The van der Waals surface area contributed by atoms with Crippen LogP contribution in [0.2, 0.25) is 0 Å². The number of unbranched alkanes of at least 4 members (excludes halogenated alkanes) is 9. The summed E-state index contributed by atoms with van der Waals surface area (Å²) < 4.78 is 5.83. The summed E-state index contributed by atoms with van der Waals surface area (Å²) in [4.78, 5) is 23.1. The predicted octanol–water partition coefficient (Wildman–Crippen LogP) is 11.2. The van der Waals surface area contributed by atoms with Crippen LogP contribution in [0.1, 0.15) is 142 Å². The number of esters is 1. The molecule has 0 aliphatic heterocycles. The minimum Gasteiger partial charge on any atom is -0.481 e. The zero-order valence-electron chi connectivity index (χ0n) is 26.3. The lowest BCUT2D eigenvalue weighted by Gasteiger charge is -2.14. The minimum atomic E-state index is -0.713. The molecule has 0 spiro atoms. The normalized spacial score (nSPS) is 13.2. The molecule has 0 aromatic rings. The van der Waals surface area contributed by atoms with Crippen LogP contribution >= 0.6 is 0 Å². The van der Waals surface area contributed by atoms with E-state index in [9.17, 15) is 9.59 Å². The van der Waals surface area contributed by atoms with Gasteiger partial charge in [-0.1, -0.05) is 126 Å². The maximum Gasteiger partial charge on any atom is 0.306 e. The van der Waals surface area contributed by atoms with Crippen molar-refractivity contribution in [1.29, 1.82) is 0 Å². The lowest BCUT2D eigenvalue weighted by atomic mass is 10.1. The number of allylic oxidation sites excluding steroid dienone is 11. The maximum absolute atomic E-state index is 12.5. The molecule has 4 nitrogen and oxygen atoms in total. The van der Waals surface area contributed by atoms with Crippen LogP contribution in [0.4, 0.5) is 0 Å². The van der Waals surface area contributed by atoms with E-state index in [-0.39, 0.29) is 18.5 Å². The van der Waals surface area contributed by atoms with E-state index < -0.39 is 5.97 Å². The molecule has 1 atom stereocenters. The maximum atomic E-state index is 12.5. The van der Waals surface area contributed by atoms with Crippen molar-refractivity contribution in [3.8, 4) is 0 Å². The Morgan fingerprint density at radius 1 is 0.585 bits per heavy atom. The second-order valence-electron chi connectivity index (χ2n) is 10.6.